The van der Waals surface area contributed by atoms with Gasteiger partial charge in [-0.2, -0.15) is 0 Å². The number of carbonyl (C=O) groups excluding carboxylic acids is 3. The summed E-state index contributed by atoms with van der Waals surface area (Å²) in [5, 5.41) is 10.7. The van der Waals surface area contributed by atoms with E-state index in [1.165, 1.54) is 13.5 Å². The zero-order chi connectivity index (χ0) is 25.9. The van der Waals surface area contributed by atoms with E-state index in [-0.39, 0.29) is 17.7 Å². The van der Waals surface area contributed by atoms with Gasteiger partial charge in [0.15, 0.2) is 17.7 Å². The highest BCUT2D eigenvalue weighted by atomic mass is 19.1. The van der Waals surface area contributed by atoms with Crippen LogP contribution in [0.5, 0.6) is 5.75 Å². The minimum atomic E-state index is -1.14. The van der Waals surface area contributed by atoms with Gasteiger partial charge in [0.25, 0.3) is 0 Å². The van der Waals surface area contributed by atoms with E-state index in [9.17, 15) is 23.9 Å². The SMILES string of the molecule is CCN([B]C=O)c1cc(O)c2c(c1)/C=C/C[C@@H]1OC(C)(C)O[C@@H]1C(=O)/C(F)=C\[C@@H](C)[C@H](C)OC2=O. The maximum Gasteiger partial charge on any atom is 0.342 e. The van der Waals surface area contributed by atoms with Gasteiger partial charge in [0.1, 0.15) is 23.6 Å². The molecule has 1 aromatic carbocycles. The van der Waals surface area contributed by atoms with Crippen LogP contribution < -0.4 is 4.81 Å². The first kappa shape index (κ1) is 26.6. The van der Waals surface area contributed by atoms with Crippen LogP contribution in [0, 0.1) is 5.92 Å². The number of fused-ring (bicyclic) bond motifs is 2. The predicted octanol–water partition coefficient (Wildman–Crippen LogP) is 3.57. The molecule has 3 rings (SSSR count). The van der Waals surface area contributed by atoms with Gasteiger partial charge in [-0.15, -0.1) is 0 Å². The zero-order valence-corrected chi connectivity index (χ0v) is 20.5. The van der Waals surface area contributed by atoms with E-state index >= 15 is 0 Å². The molecule has 1 fully saturated rings. The summed E-state index contributed by atoms with van der Waals surface area (Å²) >= 11 is 0. The van der Waals surface area contributed by atoms with Crippen molar-refractivity contribution in [3.63, 3.8) is 0 Å². The Morgan fingerprint density at radius 3 is 2.63 bits per heavy atom. The molecule has 187 valence electrons. The Balaban J connectivity index is 2.10. The largest absolute Gasteiger partial charge is 0.507 e. The number of phenols is 1. The number of halogens is 1. The lowest BCUT2D eigenvalue weighted by molar-refractivity contribution is -0.153. The number of anilines is 1. The molecule has 0 saturated carbocycles. The Morgan fingerprint density at radius 1 is 1.26 bits per heavy atom. The fourth-order valence-electron chi connectivity index (χ4n) is 4.08. The maximum atomic E-state index is 14.8. The Kier molecular flexibility index (Phi) is 8.17. The summed E-state index contributed by atoms with van der Waals surface area (Å²) in [5.41, 5.74) is 0.780. The molecule has 2 heterocycles. The summed E-state index contributed by atoms with van der Waals surface area (Å²) in [6.07, 6.45) is 2.46. The van der Waals surface area contributed by atoms with Gasteiger partial charge in [-0.05, 0) is 51.8 Å². The number of hydrogen-bond acceptors (Lipinski definition) is 8. The third-order valence-electron chi connectivity index (χ3n) is 6.04. The maximum absolute atomic E-state index is 14.8. The Labute approximate surface area is 205 Å². The summed E-state index contributed by atoms with van der Waals surface area (Å²) < 4.78 is 31.9. The Bertz CT molecular complexity index is 1050. The van der Waals surface area contributed by atoms with E-state index in [0.29, 0.717) is 24.0 Å². The molecule has 1 saturated heterocycles. The number of Topliss-reactive ketones (excluding diaryl/α,β-unsaturated/α-hetero) is 1. The summed E-state index contributed by atoms with van der Waals surface area (Å²) in [6, 6.07) is 3.02. The Morgan fingerprint density at radius 2 is 1.97 bits per heavy atom. The first-order chi connectivity index (χ1) is 16.5. The van der Waals surface area contributed by atoms with Gasteiger partial charge < -0.3 is 28.9 Å². The highest BCUT2D eigenvalue weighted by Crippen LogP contribution is 2.35. The molecule has 10 heteroatoms. The molecule has 2 aliphatic rings. The third-order valence-corrected chi connectivity index (χ3v) is 6.04. The number of cyclic esters (lactones) is 1. The second-order valence-electron chi connectivity index (χ2n) is 9.08. The topological polar surface area (TPSA) is 102 Å². The molecule has 1 aromatic rings. The van der Waals surface area contributed by atoms with Crippen LogP contribution in [0.4, 0.5) is 10.1 Å². The van der Waals surface area contributed by atoms with Crippen molar-refractivity contribution < 1.29 is 38.1 Å². The summed E-state index contributed by atoms with van der Waals surface area (Å²) in [7, 11) is 1.32. The van der Waals surface area contributed by atoms with Crippen LogP contribution in [0.3, 0.4) is 0 Å². The molecule has 0 amide bonds. The van der Waals surface area contributed by atoms with Crippen LogP contribution in [0.2, 0.25) is 0 Å². The number of nitrogens with zero attached hydrogens (tertiary/aromatic N) is 1. The van der Waals surface area contributed by atoms with Gasteiger partial charge in [-0.3, -0.25) is 4.79 Å². The molecule has 35 heavy (non-hydrogen) atoms. The van der Waals surface area contributed by atoms with E-state index in [2.05, 4.69) is 0 Å². The molecule has 0 spiro atoms. The van der Waals surface area contributed by atoms with Crippen molar-refractivity contribution in [3.8, 4) is 5.75 Å². The number of rotatable bonds is 4. The van der Waals surface area contributed by atoms with Gasteiger partial charge in [-0.25, -0.2) is 9.18 Å². The molecule has 0 aliphatic carbocycles. The monoisotopic (exact) mass is 486 g/mol. The van der Waals surface area contributed by atoms with Crippen molar-refractivity contribution in [1.29, 1.82) is 0 Å². The highest BCUT2D eigenvalue weighted by Gasteiger charge is 2.45. The number of hydrogen-bond donors (Lipinski definition) is 1. The fourth-order valence-corrected chi connectivity index (χ4v) is 4.08. The van der Waals surface area contributed by atoms with E-state index in [0.717, 1.165) is 6.08 Å². The van der Waals surface area contributed by atoms with Crippen LogP contribution in [-0.4, -0.2) is 61.1 Å². The number of ether oxygens (including phenoxy) is 3. The van der Waals surface area contributed by atoms with Crippen LogP contribution in [0.15, 0.2) is 30.1 Å². The van der Waals surface area contributed by atoms with Crippen molar-refractivity contribution in [3.05, 3.63) is 41.2 Å². The molecule has 0 unspecified atom stereocenters. The smallest absolute Gasteiger partial charge is 0.342 e. The normalized spacial score (nSPS) is 29.0. The first-order valence-electron chi connectivity index (χ1n) is 11.5. The quantitative estimate of drug-likeness (QED) is 0.392. The average molecular weight is 486 g/mol. The van der Waals surface area contributed by atoms with Crippen molar-refractivity contribution in [1.82, 2.24) is 0 Å². The van der Waals surface area contributed by atoms with E-state index in [4.69, 9.17) is 14.2 Å². The summed E-state index contributed by atoms with van der Waals surface area (Å²) in [4.78, 5) is 38.5. The van der Waals surface area contributed by atoms with Crippen molar-refractivity contribution in [2.24, 2.45) is 5.92 Å². The van der Waals surface area contributed by atoms with Gasteiger partial charge >= 0.3 is 13.4 Å². The van der Waals surface area contributed by atoms with Crippen molar-refractivity contribution in [2.45, 2.75) is 65.1 Å². The summed E-state index contributed by atoms with van der Waals surface area (Å²) in [6.45, 7) is 8.76. The lowest BCUT2D eigenvalue weighted by atomic mass is 9.92. The summed E-state index contributed by atoms with van der Waals surface area (Å²) in [5.74, 6) is -4.67. The van der Waals surface area contributed by atoms with Gasteiger partial charge in [0, 0.05) is 24.2 Å². The van der Waals surface area contributed by atoms with Crippen molar-refractivity contribution in [2.75, 3.05) is 11.4 Å². The predicted molar refractivity (Wildman–Crippen MR) is 129 cm³/mol. The zero-order valence-electron chi connectivity index (χ0n) is 20.5. The highest BCUT2D eigenvalue weighted by molar-refractivity contribution is 6.70. The van der Waals surface area contributed by atoms with Crippen LogP contribution in [0.25, 0.3) is 6.08 Å². The molecule has 8 nitrogen and oxygen atoms in total. The second-order valence-corrected chi connectivity index (χ2v) is 9.08. The number of aromatic hydroxyl groups is 1. The van der Waals surface area contributed by atoms with E-state index < -0.39 is 47.6 Å². The third kappa shape index (κ3) is 6.00. The lowest BCUT2D eigenvalue weighted by Gasteiger charge is -2.23. The molecule has 1 N–H and O–H groups in total. The molecule has 1 radical (unpaired) electrons. The molecular formula is C25H30BFNO7. The van der Waals surface area contributed by atoms with Crippen LogP contribution in [-0.2, 0) is 23.8 Å². The number of benzene rings is 1. The average Bonchev–Trinajstić information content (AvgIpc) is 3.09. The molecule has 2 aliphatic heterocycles. The first-order valence-corrected chi connectivity index (χ1v) is 11.5. The molecule has 4 atom stereocenters. The number of esters is 1. The fraction of sp³-hybridized carbons (Fsp3) is 0.480. The number of phenolic OH excluding ortho intramolecular Hbond substituents is 1. The van der Waals surface area contributed by atoms with E-state index in [1.807, 2.05) is 6.92 Å². The number of ketones is 1. The Hall–Kier alpha value is -2.98. The molecular weight excluding hydrogens is 456 g/mol. The molecule has 0 aromatic heterocycles. The minimum Gasteiger partial charge on any atom is -0.507 e. The van der Waals surface area contributed by atoms with Crippen LogP contribution >= 0.6 is 0 Å². The lowest BCUT2D eigenvalue weighted by Crippen LogP contribution is -2.32. The second kappa shape index (κ2) is 10.7. The number of carbonyl (C=O) groups is 3. The molecule has 0 bridgehead atoms. The van der Waals surface area contributed by atoms with Crippen molar-refractivity contribution >= 4 is 37.1 Å². The van der Waals surface area contributed by atoms with Gasteiger partial charge in [0.05, 0.1) is 6.10 Å². The van der Waals surface area contributed by atoms with E-state index in [1.54, 1.807) is 50.7 Å². The standard InChI is InChI=1S/C25H30BFNO7/c1-6-28(26-13-29)17-11-16-8-7-9-20-23(35-25(4,5)34-20)22(31)18(27)10-14(2)15(3)33-24(32)21(16)19(30)12-17/h7-8,10-15,20,23,30H,6,9H2,1-5H3/b8-7+,18-10+/t14-,15+,20+,23+/m1/s1. The van der Waals surface area contributed by atoms with Crippen LogP contribution in [0.1, 0.15) is 57.0 Å². The van der Waals surface area contributed by atoms with Gasteiger partial charge in [-0.1, -0.05) is 19.1 Å². The van der Waals surface area contributed by atoms with Gasteiger partial charge in [0.2, 0.25) is 5.78 Å². The minimum absolute atomic E-state index is 0.0655.